The van der Waals surface area contributed by atoms with Crippen LogP contribution in [0.25, 0.3) is 0 Å². The number of carbonyl (C=O) groups excluding carboxylic acids is 1. The minimum Gasteiger partial charge on any atom is -0.463 e. The van der Waals surface area contributed by atoms with Crippen LogP contribution in [0.3, 0.4) is 0 Å². The lowest BCUT2D eigenvalue weighted by molar-refractivity contribution is -0.122. The summed E-state index contributed by atoms with van der Waals surface area (Å²) in [6.45, 7) is 3.24. The zero-order valence-electron chi connectivity index (χ0n) is 13.0. The van der Waals surface area contributed by atoms with Crippen molar-refractivity contribution >= 4 is 5.91 Å². The Bertz CT molecular complexity index is 695. The highest BCUT2D eigenvalue weighted by atomic mass is 19.2. The summed E-state index contributed by atoms with van der Waals surface area (Å²) in [7, 11) is 0. The van der Waals surface area contributed by atoms with Crippen molar-refractivity contribution in [3.8, 4) is 0 Å². The van der Waals surface area contributed by atoms with Crippen molar-refractivity contribution in [1.82, 2.24) is 5.32 Å². The van der Waals surface area contributed by atoms with Crippen LogP contribution in [0.15, 0.2) is 34.7 Å². The maximum atomic E-state index is 13.5. The van der Waals surface area contributed by atoms with Gasteiger partial charge in [0, 0.05) is 6.42 Å². The van der Waals surface area contributed by atoms with Crippen LogP contribution < -0.4 is 5.32 Å². The van der Waals surface area contributed by atoms with Crippen LogP contribution in [-0.2, 0) is 16.8 Å². The molecule has 2 N–H and O–H groups in total. The van der Waals surface area contributed by atoms with Gasteiger partial charge in [-0.05, 0) is 44.0 Å². The largest absolute Gasteiger partial charge is 0.463 e. The van der Waals surface area contributed by atoms with Gasteiger partial charge in [0.15, 0.2) is 11.6 Å². The van der Waals surface area contributed by atoms with Gasteiger partial charge < -0.3 is 14.8 Å². The molecule has 0 aliphatic rings. The van der Waals surface area contributed by atoms with Gasteiger partial charge in [-0.1, -0.05) is 12.1 Å². The molecule has 2 aromatic rings. The number of benzene rings is 1. The standard InChI is InChI=1S/C17H19F2NO3/c1-11-6-8-14(23-11)17(2,22)10-20-15(21)9-7-12-4-3-5-13(18)16(12)19/h3-6,8,22H,7,9-10H2,1-2H3,(H,20,21). The molecule has 0 bridgehead atoms. The molecule has 124 valence electrons. The molecule has 0 saturated carbocycles. The van der Waals surface area contributed by atoms with Crippen molar-refractivity contribution < 1.29 is 23.1 Å². The summed E-state index contributed by atoms with van der Waals surface area (Å²) in [6.07, 6.45) is 0.0745. The normalized spacial score (nSPS) is 13.6. The fourth-order valence-corrected chi connectivity index (χ4v) is 2.16. The molecule has 0 saturated heterocycles. The van der Waals surface area contributed by atoms with Gasteiger partial charge in [-0.3, -0.25) is 4.79 Å². The van der Waals surface area contributed by atoms with E-state index in [4.69, 9.17) is 4.42 Å². The smallest absolute Gasteiger partial charge is 0.220 e. The van der Waals surface area contributed by atoms with Crippen molar-refractivity contribution in [2.75, 3.05) is 6.54 Å². The summed E-state index contributed by atoms with van der Waals surface area (Å²) in [6, 6.07) is 7.23. The first-order chi connectivity index (χ1) is 10.8. The highest BCUT2D eigenvalue weighted by molar-refractivity contribution is 5.76. The van der Waals surface area contributed by atoms with Gasteiger partial charge in [0.1, 0.15) is 17.1 Å². The zero-order valence-corrected chi connectivity index (χ0v) is 13.0. The minimum absolute atomic E-state index is 0.00631. The molecule has 1 heterocycles. The van der Waals surface area contributed by atoms with E-state index in [0.717, 1.165) is 6.07 Å². The van der Waals surface area contributed by atoms with Crippen LogP contribution in [0.5, 0.6) is 0 Å². The molecule has 0 aliphatic heterocycles. The van der Waals surface area contributed by atoms with E-state index in [1.54, 1.807) is 19.1 Å². The lowest BCUT2D eigenvalue weighted by atomic mass is 10.0. The van der Waals surface area contributed by atoms with E-state index in [-0.39, 0.29) is 30.9 Å². The van der Waals surface area contributed by atoms with E-state index in [2.05, 4.69) is 5.32 Å². The number of rotatable bonds is 6. The Kier molecular flexibility index (Phi) is 5.15. The monoisotopic (exact) mass is 323 g/mol. The number of carbonyl (C=O) groups is 1. The molecular weight excluding hydrogens is 304 g/mol. The Balaban J connectivity index is 1.86. The Morgan fingerprint density at radius 1 is 1.30 bits per heavy atom. The first-order valence-corrected chi connectivity index (χ1v) is 7.28. The molecule has 0 fully saturated rings. The Morgan fingerprint density at radius 2 is 2.04 bits per heavy atom. The summed E-state index contributed by atoms with van der Waals surface area (Å²) < 4.78 is 31.9. The number of amides is 1. The SMILES string of the molecule is Cc1ccc(C(C)(O)CNC(=O)CCc2cccc(F)c2F)o1. The van der Waals surface area contributed by atoms with E-state index < -0.39 is 17.2 Å². The second-order valence-electron chi connectivity index (χ2n) is 5.67. The maximum absolute atomic E-state index is 13.5. The van der Waals surface area contributed by atoms with E-state index in [1.165, 1.54) is 19.1 Å². The predicted octanol–water partition coefficient (Wildman–Crippen LogP) is 2.82. The molecule has 1 atom stereocenters. The predicted molar refractivity (Wildman–Crippen MR) is 80.7 cm³/mol. The number of hydrogen-bond acceptors (Lipinski definition) is 3. The molecular formula is C17H19F2NO3. The maximum Gasteiger partial charge on any atom is 0.220 e. The number of hydrogen-bond donors (Lipinski definition) is 2. The third-order valence-corrected chi connectivity index (χ3v) is 3.55. The van der Waals surface area contributed by atoms with Gasteiger partial charge in [0.2, 0.25) is 5.91 Å². The van der Waals surface area contributed by atoms with Gasteiger partial charge in [-0.15, -0.1) is 0 Å². The quantitative estimate of drug-likeness (QED) is 0.859. The van der Waals surface area contributed by atoms with Crippen LogP contribution in [0.1, 0.15) is 30.4 Å². The molecule has 6 heteroatoms. The first-order valence-electron chi connectivity index (χ1n) is 7.28. The van der Waals surface area contributed by atoms with E-state index >= 15 is 0 Å². The van der Waals surface area contributed by atoms with Crippen molar-refractivity contribution in [3.05, 3.63) is 59.1 Å². The topological polar surface area (TPSA) is 62.5 Å². The van der Waals surface area contributed by atoms with Crippen LogP contribution in [0.2, 0.25) is 0 Å². The Hall–Kier alpha value is -2.21. The van der Waals surface area contributed by atoms with E-state index in [9.17, 15) is 18.7 Å². The Morgan fingerprint density at radius 3 is 2.70 bits per heavy atom. The van der Waals surface area contributed by atoms with Crippen LogP contribution in [-0.4, -0.2) is 17.6 Å². The number of aliphatic hydroxyl groups is 1. The van der Waals surface area contributed by atoms with Crippen LogP contribution in [0, 0.1) is 18.6 Å². The fraction of sp³-hybridized carbons (Fsp3) is 0.353. The summed E-state index contributed by atoms with van der Waals surface area (Å²) in [5, 5.41) is 12.9. The molecule has 2 rings (SSSR count). The number of halogens is 2. The highest BCUT2D eigenvalue weighted by Crippen LogP contribution is 2.22. The number of aryl methyl sites for hydroxylation is 2. The summed E-state index contributed by atoms with van der Waals surface area (Å²) in [4.78, 5) is 11.8. The third-order valence-electron chi connectivity index (χ3n) is 3.55. The molecule has 1 unspecified atom stereocenters. The Labute approximate surface area is 133 Å². The molecule has 1 aromatic heterocycles. The summed E-state index contributed by atoms with van der Waals surface area (Å²) >= 11 is 0. The van der Waals surface area contributed by atoms with Gasteiger partial charge >= 0.3 is 0 Å². The first kappa shape index (κ1) is 17.1. The zero-order chi connectivity index (χ0) is 17.0. The average Bonchev–Trinajstić information content (AvgIpc) is 2.94. The lowest BCUT2D eigenvalue weighted by Crippen LogP contribution is -2.38. The molecule has 23 heavy (non-hydrogen) atoms. The average molecular weight is 323 g/mol. The molecule has 4 nitrogen and oxygen atoms in total. The minimum atomic E-state index is -1.34. The van der Waals surface area contributed by atoms with Gasteiger partial charge in [0.05, 0.1) is 6.54 Å². The van der Waals surface area contributed by atoms with Crippen LogP contribution in [0.4, 0.5) is 8.78 Å². The van der Waals surface area contributed by atoms with Gasteiger partial charge in [-0.25, -0.2) is 8.78 Å². The van der Waals surface area contributed by atoms with Crippen molar-refractivity contribution in [3.63, 3.8) is 0 Å². The second kappa shape index (κ2) is 6.91. The number of furan rings is 1. The summed E-state index contributed by atoms with van der Waals surface area (Å²) in [5.41, 5.74) is -1.19. The van der Waals surface area contributed by atoms with Crippen molar-refractivity contribution in [2.45, 2.75) is 32.3 Å². The highest BCUT2D eigenvalue weighted by Gasteiger charge is 2.27. The van der Waals surface area contributed by atoms with E-state index in [0.29, 0.717) is 11.5 Å². The molecule has 1 aromatic carbocycles. The van der Waals surface area contributed by atoms with Gasteiger partial charge in [-0.2, -0.15) is 0 Å². The fourth-order valence-electron chi connectivity index (χ4n) is 2.16. The lowest BCUT2D eigenvalue weighted by Gasteiger charge is -2.21. The second-order valence-corrected chi connectivity index (χ2v) is 5.67. The summed E-state index contributed by atoms with van der Waals surface area (Å²) in [5.74, 6) is -1.21. The number of nitrogens with one attached hydrogen (secondary N) is 1. The van der Waals surface area contributed by atoms with E-state index in [1.807, 2.05) is 0 Å². The molecule has 0 spiro atoms. The van der Waals surface area contributed by atoms with Crippen molar-refractivity contribution in [1.29, 1.82) is 0 Å². The molecule has 0 aliphatic carbocycles. The van der Waals surface area contributed by atoms with Crippen LogP contribution >= 0.6 is 0 Å². The third kappa shape index (κ3) is 4.39. The van der Waals surface area contributed by atoms with Crippen molar-refractivity contribution in [2.24, 2.45) is 0 Å². The molecule has 1 amide bonds. The molecule has 0 radical (unpaired) electrons. The van der Waals surface area contributed by atoms with Gasteiger partial charge in [0.25, 0.3) is 0 Å².